The SMILES string of the molecule is CCCNC(CCSC)Cc1ccc(OC)c(Br)c1. The predicted molar refractivity (Wildman–Crippen MR) is 89.5 cm³/mol. The molecule has 0 radical (unpaired) electrons. The quantitative estimate of drug-likeness (QED) is 0.727. The van der Waals surface area contributed by atoms with Crippen LogP contribution in [0.25, 0.3) is 0 Å². The van der Waals surface area contributed by atoms with Gasteiger partial charge in [0.1, 0.15) is 5.75 Å². The molecule has 1 N–H and O–H groups in total. The van der Waals surface area contributed by atoms with E-state index in [0.717, 1.165) is 23.2 Å². The van der Waals surface area contributed by atoms with Crippen LogP contribution in [-0.4, -0.2) is 31.7 Å². The van der Waals surface area contributed by atoms with Gasteiger partial charge in [-0.1, -0.05) is 13.0 Å². The Hall–Kier alpha value is -0.190. The second kappa shape index (κ2) is 9.67. The van der Waals surface area contributed by atoms with E-state index in [1.54, 1.807) is 7.11 Å². The van der Waals surface area contributed by atoms with E-state index < -0.39 is 0 Å². The minimum absolute atomic E-state index is 0.563. The van der Waals surface area contributed by atoms with E-state index in [2.05, 4.69) is 46.6 Å². The molecule has 2 nitrogen and oxygen atoms in total. The number of hydrogen-bond donors (Lipinski definition) is 1. The number of rotatable bonds is 9. The molecule has 4 heteroatoms. The van der Waals surface area contributed by atoms with Crippen molar-refractivity contribution in [3.63, 3.8) is 0 Å². The fraction of sp³-hybridized carbons (Fsp3) is 0.600. The number of ether oxygens (including phenoxy) is 1. The average molecular weight is 346 g/mol. The summed E-state index contributed by atoms with van der Waals surface area (Å²) in [5, 5.41) is 3.64. The van der Waals surface area contributed by atoms with Crippen LogP contribution in [0.15, 0.2) is 22.7 Å². The summed E-state index contributed by atoms with van der Waals surface area (Å²) in [4.78, 5) is 0. The fourth-order valence-electron chi connectivity index (χ4n) is 2.01. The van der Waals surface area contributed by atoms with Crippen LogP contribution in [-0.2, 0) is 6.42 Å². The summed E-state index contributed by atoms with van der Waals surface area (Å²) in [5.74, 6) is 2.10. The molecule has 0 saturated heterocycles. The topological polar surface area (TPSA) is 21.3 Å². The number of methoxy groups -OCH3 is 1. The fourth-order valence-corrected chi connectivity index (χ4v) is 3.11. The van der Waals surface area contributed by atoms with Crippen LogP contribution in [0.2, 0.25) is 0 Å². The number of halogens is 1. The molecule has 0 fully saturated rings. The van der Waals surface area contributed by atoms with Crippen molar-refractivity contribution in [1.29, 1.82) is 0 Å². The van der Waals surface area contributed by atoms with Gasteiger partial charge in [0, 0.05) is 6.04 Å². The Labute approximate surface area is 129 Å². The molecule has 0 saturated carbocycles. The average Bonchev–Trinajstić information content (AvgIpc) is 2.42. The van der Waals surface area contributed by atoms with Crippen molar-refractivity contribution >= 4 is 27.7 Å². The molecule has 0 aliphatic carbocycles. The van der Waals surface area contributed by atoms with Gasteiger partial charge in [0.2, 0.25) is 0 Å². The van der Waals surface area contributed by atoms with Crippen molar-refractivity contribution in [3.8, 4) is 5.75 Å². The third kappa shape index (κ3) is 6.19. The van der Waals surface area contributed by atoms with E-state index in [1.807, 2.05) is 17.8 Å². The maximum atomic E-state index is 5.27. The van der Waals surface area contributed by atoms with Crippen LogP contribution < -0.4 is 10.1 Å². The largest absolute Gasteiger partial charge is 0.496 e. The Bertz CT molecular complexity index is 365. The van der Waals surface area contributed by atoms with E-state index in [1.165, 1.54) is 24.2 Å². The minimum Gasteiger partial charge on any atom is -0.496 e. The van der Waals surface area contributed by atoms with Gasteiger partial charge < -0.3 is 10.1 Å². The Morgan fingerprint density at radius 2 is 2.21 bits per heavy atom. The molecule has 0 aromatic heterocycles. The van der Waals surface area contributed by atoms with Gasteiger partial charge in [0.05, 0.1) is 11.6 Å². The number of thioether (sulfide) groups is 1. The molecule has 1 atom stereocenters. The maximum Gasteiger partial charge on any atom is 0.133 e. The molecule has 1 rings (SSSR count). The van der Waals surface area contributed by atoms with Gasteiger partial charge in [-0.05, 0) is 71.4 Å². The molecule has 1 aromatic rings. The Kier molecular flexibility index (Phi) is 8.58. The van der Waals surface area contributed by atoms with E-state index in [4.69, 9.17) is 4.74 Å². The molecule has 0 aliphatic rings. The molecule has 0 spiro atoms. The van der Waals surface area contributed by atoms with Crippen molar-refractivity contribution in [2.24, 2.45) is 0 Å². The van der Waals surface area contributed by atoms with Gasteiger partial charge in [-0.25, -0.2) is 0 Å². The van der Waals surface area contributed by atoms with Gasteiger partial charge >= 0.3 is 0 Å². The lowest BCUT2D eigenvalue weighted by Gasteiger charge is -2.18. The van der Waals surface area contributed by atoms with E-state index >= 15 is 0 Å². The normalized spacial score (nSPS) is 12.4. The minimum atomic E-state index is 0.563. The van der Waals surface area contributed by atoms with Crippen molar-refractivity contribution in [1.82, 2.24) is 5.32 Å². The first-order valence-electron chi connectivity index (χ1n) is 6.76. The van der Waals surface area contributed by atoms with Crippen LogP contribution in [0.1, 0.15) is 25.3 Å². The summed E-state index contributed by atoms with van der Waals surface area (Å²) in [6.07, 6.45) is 5.64. The molecular formula is C15H24BrNOS. The van der Waals surface area contributed by atoms with E-state index in [0.29, 0.717) is 6.04 Å². The molecule has 0 bridgehead atoms. The summed E-state index contributed by atoms with van der Waals surface area (Å²) in [6.45, 7) is 3.30. The second-order valence-corrected chi connectivity index (χ2v) is 6.45. The van der Waals surface area contributed by atoms with Crippen LogP contribution in [0.3, 0.4) is 0 Å². The second-order valence-electron chi connectivity index (χ2n) is 4.61. The zero-order chi connectivity index (χ0) is 14.1. The van der Waals surface area contributed by atoms with E-state index in [9.17, 15) is 0 Å². The smallest absolute Gasteiger partial charge is 0.133 e. The number of hydrogen-bond acceptors (Lipinski definition) is 3. The standard InChI is InChI=1S/C15H24BrNOS/c1-4-8-17-13(7-9-19-3)10-12-5-6-15(18-2)14(16)11-12/h5-6,11,13,17H,4,7-10H2,1-3H3. The van der Waals surface area contributed by atoms with Gasteiger partial charge in [-0.15, -0.1) is 0 Å². The maximum absolute atomic E-state index is 5.27. The summed E-state index contributed by atoms with van der Waals surface area (Å²) in [5.41, 5.74) is 1.35. The first kappa shape index (κ1) is 16.9. The molecule has 108 valence electrons. The highest BCUT2D eigenvalue weighted by Gasteiger charge is 2.10. The highest BCUT2D eigenvalue weighted by atomic mass is 79.9. The van der Waals surface area contributed by atoms with Crippen LogP contribution >= 0.6 is 27.7 Å². The van der Waals surface area contributed by atoms with Gasteiger partial charge in [0.25, 0.3) is 0 Å². The lowest BCUT2D eigenvalue weighted by atomic mass is 10.0. The summed E-state index contributed by atoms with van der Waals surface area (Å²) >= 11 is 5.47. The first-order valence-corrected chi connectivity index (χ1v) is 8.94. The molecule has 19 heavy (non-hydrogen) atoms. The van der Waals surface area contributed by atoms with Crippen molar-refractivity contribution < 1.29 is 4.74 Å². The Morgan fingerprint density at radius 3 is 2.79 bits per heavy atom. The number of nitrogens with one attached hydrogen (secondary N) is 1. The van der Waals surface area contributed by atoms with Crippen molar-refractivity contribution in [2.75, 3.05) is 25.7 Å². The highest BCUT2D eigenvalue weighted by molar-refractivity contribution is 9.10. The lowest BCUT2D eigenvalue weighted by molar-refractivity contribution is 0.411. The third-order valence-corrected chi connectivity index (χ3v) is 4.32. The van der Waals surface area contributed by atoms with E-state index in [-0.39, 0.29) is 0 Å². The third-order valence-electron chi connectivity index (χ3n) is 3.05. The molecule has 1 aromatic carbocycles. The molecule has 0 heterocycles. The van der Waals surface area contributed by atoms with Crippen LogP contribution in [0.5, 0.6) is 5.75 Å². The van der Waals surface area contributed by atoms with Crippen LogP contribution in [0, 0.1) is 0 Å². The summed E-state index contributed by atoms with van der Waals surface area (Å²) in [6, 6.07) is 6.92. The van der Waals surface area contributed by atoms with Gasteiger partial charge in [-0.2, -0.15) is 11.8 Å². The van der Waals surface area contributed by atoms with Crippen molar-refractivity contribution in [2.45, 2.75) is 32.2 Å². The number of benzene rings is 1. The van der Waals surface area contributed by atoms with Crippen molar-refractivity contribution in [3.05, 3.63) is 28.2 Å². The molecule has 1 unspecified atom stereocenters. The monoisotopic (exact) mass is 345 g/mol. The van der Waals surface area contributed by atoms with Crippen LogP contribution in [0.4, 0.5) is 0 Å². The summed E-state index contributed by atoms with van der Waals surface area (Å²) in [7, 11) is 1.70. The highest BCUT2D eigenvalue weighted by Crippen LogP contribution is 2.26. The van der Waals surface area contributed by atoms with Gasteiger partial charge in [-0.3, -0.25) is 0 Å². The summed E-state index contributed by atoms with van der Waals surface area (Å²) < 4.78 is 6.30. The zero-order valence-electron chi connectivity index (χ0n) is 12.0. The molecule has 0 amide bonds. The molecule has 0 aliphatic heterocycles. The predicted octanol–water partition coefficient (Wildman–Crippen LogP) is 4.12. The first-order chi connectivity index (χ1) is 9.21. The molecular weight excluding hydrogens is 322 g/mol. The zero-order valence-corrected chi connectivity index (χ0v) is 14.4. The lowest BCUT2D eigenvalue weighted by Crippen LogP contribution is -2.32. The Balaban J connectivity index is 2.63. The van der Waals surface area contributed by atoms with Gasteiger partial charge in [0.15, 0.2) is 0 Å². The Morgan fingerprint density at radius 1 is 1.42 bits per heavy atom.